The van der Waals surface area contributed by atoms with Crippen molar-refractivity contribution in [3.05, 3.63) is 65.7 Å². The van der Waals surface area contributed by atoms with Gasteiger partial charge in [0.05, 0.1) is 11.9 Å². The average Bonchev–Trinajstić information content (AvgIpc) is 2.70. The first-order valence-electron chi connectivity index (χ1n) is 9.57. The van der Waals surface area contributed by atoms with E-state index >= 15 is 0 Å². The van der Waals surface area contributed by atoms with Gasteiger partial charge in [0, 0.05) is 13.1 Å². The third-order valence-electron chi connectivity index (χ3n) is 4.56. The standard InChI is InChI=1S/C21H25F2N3O4S/c1-4-24-21(28)15(2)25(13-16-8-10-17(22)11-9-16)20(27)14-26(31(3,29)30)19-7-5-6-18(23)12-19/h5-12,15H,4,13-14H2,1-3H3,(H,24,28). The molecule has 2 amide bonds. The highest BCUT2D eigenvalue weighted by atomic mass is 32.2. The molecule has 1 unspecified atom stereocenters. The van der Waals surface area contributed by atoms with Gasteiger partial charge < -0.3 is 10.2 Å². The number of likely N-dealkylation sites (N-methyl/N-ethyl adjacent to an activating group) is 1. The Hall–Kier alpha value is -3.01. The summed E-state index contributed by atoms with van der Waals surface area (Å²) in [6.45, 7) is 2.91. The van der Waals surface area contributed by atoms with Crippen molar-refractivity contribution < 1.29 is 26.8 Å². The zero-order valence-electron chi connectivity index (χ0n) is 17.5. The van der Waals surface area contributed by atoms with Gasteiger partial charge in [0.15, 0.2) is 0 Å². The van der Waals surface area contributed by atoms with Crippen molar-refractivity contribution in [2.75, 3.05) is 23.7 Å². The predicted molar refractivity (Wildman–Crippen MR) is 114 cm³/mol. The average molecular weight is 454 g/mol. The van der Waals surface area contributed by atoms with Crippen molar-refractivity contribution in [3.8, 4) is 0 Å². The number of nitrogens with zero attached hydrogens (tertiary/aromatic N) is 2. The molecule has 0 aromatic heterocycles. The lowest BCUT2D eigenvalue weighted by Crippen LogP contribution is -2.51. The number of hydrogen-bond acceptors (Lipinski definition) is 4. The fraction of sp³-hybridized carbons (Fsp3) is 0.333. The van der Waals surface area contributed by atoms with E-state index in [1.807, 2.05) is 0 Å². The number of hydrogen-bond donors (Lipinski definition) is 1. The summed E-state index contributed by atoms with van der Waals surface area (Å²) in [5, 5.41) is 2.62. The fourth-order valence-electron chi connectivity index (χ4n) is 2.94. The SMILES string of the molecule is CCNC(=O)C(C)N(Cc1ccc(F)cc1)C(=O)CN(c1cccc(F)c1)S(C)(=O)=O. The lowest BCUT2D eigenvalue weighted by Gasteiger charge is -2.31. The van der Waals surface area contributed by atoms with E-state index in [1.54, 1.807) is 6.92 Å². The smallest absolute Gasteiger partial charge is 0.244 e. The number of carbonyl (C=O) groups excluding carboxylic acids is 2. The van der Waals surface area contributed by atoms with Gasteiger partial charge in [0.1, 0.15) is 24.2 Å². The largest absolute Gasteiger partial charge is 0.355 e. The van der Waals surface area contributed by atoms with E-state index in [0.717, 1.165) is 22.7 Å². The topological polar surface area (TPSA) is 86.8 Å². The first-order valence-corrected chi connectivity index (χ1v) is 11.4. The minimum Gasteiger partial charge on any atom is -0.355 e. The summed E-state index contributed by atoms with van der Waals surface area (Å²) in [6.07, 6.45) is 0.905. The molecule has 2 aromatic carbocycles. The van der Waals surface area contributed by atoms with Crippen molar-refractivity contribution in [2.45, 2.75) is 26.4 Å². The van der Waals surface area contributed by atoms with Gasteiger partial charge in [-0.1, -0.05) is 18.2 Å². The second kappa shape index (κ2) is 10.3. The minimum absolute atomic E-state index is 0.0109. The Kier molecular flexibility index (Phi) is 8.09. The molecule has 0 fully saturated rings. The summed E-state index contributed by atoms with van der Waals surface area (Å²) in [5.41, 5.74) is 0.547. The fourth-order valence-corrected chi connectivity index (χ4v) is 3.78. The number of benzene rings is 2. The van der Waals surface area contributed by atoms with Crippen LogP contribution in [0.25, 0.3) is 0 Å². The van der Waals surface area contributed by atoms with Gasteiger partial charge in [-0.3, -0.25) is 13.9 Å². The number of amides is 2. The molecule has 31 heavy (non-hydrogen) atoms. The molecule has 10 heteroatoms. The number of sulfonamides is 1. The lowest BCUT2D eigenvalue weighted by molar-refractivity contribution is -0.139. The number of nitrogens with one attached hydrogen (secondary N) is 1. The Morgan fingerprint density at radius 2 is 1.71 bits per heavy atom. The van der Waals surface area contributed by atoms with Crippen molar-refractivity contribution in [3.63, 3.8) is 0 Å². The Morgan fingerprint density at radius 1 is 1.06 bits per heavy atom. The van der Waals surface area contributed by atoms with Gasteiger partial charge in [0.2, 0.25) is 21.8 Å². The highest BCUT2D eigenvalue weighted by Gasteiger charge is 2.30. The van der Waals surface area contributed by atoms with Gasteiger partial charge in [-0.2, -0.15) is 0 Å². The molecule has 0 bridgehead atoms. The molecule has 0 saturated carbocycles. The molecule has 0 aliphatic rings. The highest BCUT2D eigenvalue weighted by molar-refractivity contribution is 7.92. The zero-order chi connectivity index (χ0) is 23.2. The summed E-state index contributed by atoms with van der Waals surface area (Å²) in [7, 11) is -3.93. The second-order valence-electron chi connectivity index (χ2n) is 6.97. The van der Waals surface area contributed by atoms with E-state index < -0.39 is 46.1 Å². The second-order valence-corrected chi connectivity index (χ2v) is 8.87. The molecular formula is C21H25F2N3O4S. The van der Waals surface area contributed by atoms with Crippen molar-refractivity contribution >= 4 is 27.5 Å². The van der Waals surface area contributed by atoms with E-state index in [0.29, 0.717) is 12.1 Å². The summed E-state index contributed by atoms with van der Waals surface area (Å²) < 4.78 is 52.3. The molecule has 1 atom stereocenters. The first kappa shape index (κ1) is 24.3. The van der Waals surface area contributed by atoms with Gasteiger partial charge in [-0.15, -0.1) is 0 Å². The van der Waals surface area contributed by atoms with Crippen molar-refractivity contribution in [2.24, 2.45) is 0 Å². The molecule has 0 aliphatic carbocycles. The van der Waals surface area contributed by atoms with Crippen molar-refractivity contribution in [1.29, 1.82) is 0 Å². The molecule has 0 spiro atoms. The van der Waals surface area contributed by atoms with Crippen molar-refractivity contribution in [1.82, 2.24) is 10.2 Å². The molecule has 1 N–H and O–H groups in total. The molecule has 168 valence electrons. The van der Waals surface area contributed by atoms with Gasteiger partial charge in [-0.05, 0) is 49.7 Å². The highest BCUT2D eigenvalue weighted by Crippen LogP contribution is 2.20. The number of rotatable bonds is 9. The van der Waals surface area contributed by atoms with E-state index in [1.165, 1.54) is 48.2 Å². The van der Waals surface area contributed by atoms with Crippen LogP contribution in [-0.2, 0) is 26.2 Å². The molecule has 0 heterocycles. The molecule has 2 rings (SSSR count). The van der Waals surface area contributed by atoms with E-state index in [2.05, 4.69) is 5.32 Å². The van der Waals surface area contributed by atoms with Crippen LogP contribution in [0.3, 0.4) is 0 Å². The maximum Gasteiger partial charge on any atom is 0.244 e. The first-order chi connectivity index (χ1) is 14.5. The van der Waals surface area contributed by atoms with E-state index in [-0.39, 0.29) is 12.2 Å². The van der Waals surface area contributed by atoms with E-state index in [9.17, 15) is 26.8 Å². The third kappa shape index (κ3) is 6.74. The van der Waals surface area contributed by atoms with Crippen LogP contribution in [0.1, 0.15) is 19.4 Å². The molecule has 7 nitrogen and oxygen atoms in total. The normalized spacial score (nSPS) is 12.2. The summed E-state index contributed by atoms with van der Waals surface area (Å²) in [5.74, 6) is -2.20. The molecule has 0 radical (unpaired) electrons. The summed E-state index contributed by atoms with van der Waals surface area (Å²) in [4.78, 5) is 26.7. The Balaban J connectivity index is 2.37. The number of anilines is 1. The van der Waals surface area contributed by atoms with Gasteiger partial charge in [0.25, 0.3) is 0 Å². The Morgan fingerprint density at radius 3 is 2.26 bits per heavy atom. The monoisotopic (exact) mass is 453 g/mol. The molecular weight excluding hydrogens is 428 g/mol. The maximum absolute atomic E-state index is 13.7. The van der Waals surface area contributed by atoms with Crippen LogP contribution >= 0.6 is 0 Å². The maximum atomic E-state index is 13.7. The minimum atomic E-state index is -3.93. The zero-order valence-corrected chi connectivity index (χ0v) is 18.3. The third-order valence-corrected chi connectivity index (χ3v) is 5.70. The van der Waals surface area contributed by atoms with Crippen LogP contribution in [0.15, 0.2) is 48.5 Å². The number of halogens is 2. The molecule has 2 aromatic rings. The van der Waals surface area contributed by atoms with Crippen LogP contribution in [0, 0.1) is 11.6 Å². The number of carbonyl (C=O) groups is 2. The van der Waals surface area contributed by atoms with Crippen LogP contribution in [0.4, 0.5) is 14.5 Å². The van der Waals surface area contributed by atoms with Gasteiger partial charge >= 0.3 is 0 Å². The summed E-state index contributed by atoms with van der Waals surface area (Å²) in [6, 6.07) is 9.34. The van der Waals surface area contributed by atoms with Crippen LogP contribution in [0.2, 0.25) is 0 Å². The quantitative estimate of drug-likeness (QED) is 0.631. The predicted octanol–water partition coefficient (Wildman–Crippen LogP) is 2.28. The van der Waals surface area contributed by atoms with Crippen LogP contribution in [0.5, 0.6) is 0 Å². The van der Waals surface area contributed by atoms with E-state index in [4.69, 9.17) is 0 Å². The van der Waals surface area contributed by atoms with Crippen LogP contribution < -0.4 is 9.62 Å². The van der Waals surface area contributed by atoms with Crippen LogP contribution in [-0.4, -0.2) is 50.5 Å². The van der Waals surface area contributed by atoms with Gasteiger partial charge in [-0.25, -0.2) is 17.2 Å². The Bertz CT molecular complexity index is 1030. The molecule has 0 aliphatic heterocycles. The Labute approximate surface area is 180 Å². The summed E-state index contributed by atoms with van der Waals surface area (Å²) >= 11 is 0. The lowest BCUT2D eigenvalue weighted by atomic mass is 10.1. The molecule has 0 saturated heterocycles.